The van der Waals surface area contributed by atoms with E-state index < -0.39 is 4.92 Å². The molecule has 108 valence electrons. The Morgan fingerprint density at radius 2 is 2.14 bits per heavy atom. The maximum absolute atomic E-state index is 11.8. The fraction of sp³-hybridized carbons (Fsp3) is 0.0714. The summed E-state index contributed by atoms with van der Waals surface area (Å²) in [5.41, 5.74) is 1.67. The van der Waals surface area contributed by atoms with E-state index in [0.717, 1.165) is 27.1 Å². The largest absolute Gasteiger partial charge is 0.324 e. The first kappa shape index (κ1) is 15.4. The Bertz CT molecular complexity index is 725. The molecule has 0 bridgehead atoms. The van der Waals surface area contributed by atoms with Crippen LogP contribution in [0.2, 0.25) is 0 Å². The maximum Gasteiger partial charge on any atom is 0.324 e. The molecular weight excluding hydrogens is 356 g/mol. The zero-order valence-electron chi connectivity index (χ0n) is 11.0. The number of rotatable bonds is 4. The van der Waals surface area contributed by atoms with Gasteiger partial charge in [0.25, 0.3) is 0 Å². The van der Waals surface area contributed by atoms with E-state index in [-0.39, 0.29) is 10.9 Å². The number of nitro groups is 1. The number of nitrogens with zero attached hydrogens (tertiary/aromatic N) is 1. The molecule has 0 radical (unpaired) electrons. The number of thiophene rings is 1. The lowest BCUT2D eigenvalue weighted by molar-refractivity contribution is -0.380. The van der Waals surface area contributed by atoms with Crippen LogP contribution in [0, 0.1) is 17.0 Å². The van der Waals surface area contributed by atoms with Crippen molar-refractivity contribution < 1.29 is 9.72 Å². The van der Waals surface area contributed by atoms with Crippen LogP contribution in [0.1, 0.15) is 10.4 Å². The summed E-state index contributed by atoms with van der Waals surface area (Å²) in [6.07, 6.45) is 2.91. The molecule has 21 heavy (non-hydrogen) atoms. The van der Waals surface area contributed by atoms with Gasteiger partial charge in [0, 0.05) is 27.2 Å². The molecule has 2 rings (SSSR count). The van der Waals surface area contributed by atoms with Crippen LogP contribution in [0.15, 0.2) is 40.9 Å². The van der Waals surface area contributed by atoms with Gasteiger partial charge in [-0.05, 0) is 42.8 Å². The molecular formula is C14H11BrN2O3S. The van der Waals surface area contributed by atoms with Crippen molar-refractivity contribution in [3.05, 3.63) is 61.4 Å². The maximum atomic E-state index is 11.8. The summed E-state index contributed by atoms with van der Waals surface area (Å²) >= 11 is 4.38. The number of nitrogens with one attached hydrogen (secondary N) is 1. The van der Waals surface area contributed by atoms with Gasteiger partial charge in [-0.25, -0.2) is 0 Å². The summed E-state index contributed by atoms with van der Waals surface area (Å²) in [4.78, 5) is 22.6. The normalized spacial score (nSPS) is 10.8. The molecule has 0 spiro atoms. The number of carbonyl (C=O) groups excluding carboxylic acids is 1. The molecule has 1 amide bonds. The topological polar surface area (TPSA) is 72.2 Å². The minimum Gasteiger partial charge on any atom is -0.322 e. The van der Waals surface area contributed by atoms with Gasteiger partial charge in [0.15, 0.2) is 0 Å². The van der Waals surface area contributed by atoms with Crippen molar-refractivity contribution in [3.8, 4) is 0 Å². The van der Waals surface area contributed by atoms with E-state index in [4.69, 9.17) is 0 Å². The molecule has 5 nitrogen and oxygen atoms in total. The monoisotopic (exact) mass is 366 g/mol. The molecule has 0 unspecified atom stereocenters. The van der Waals surface area contributed by atoms with Crippen LogP contribution >= 0.6 is 27.3 Å². The lowest BCUT2D eigenvalue weighted by Gasteiger charge is -2.06. The van der Waals surface area contributed by atoms with Crippen molar-refractivity contribution in [3.63, 3.8) is 0 Å². The van der Waals surface area contributed by atoms with Crippen molar-refractivity contribution >= 4 is 49.9 Å². The fourth-order valence-electron chi connectivity index (χ4n) is 1.63. The van der Waals surface area contributed by atoms with E-state index in [1.807, 2.05) is 19.1 Å². The molecule has 0 aliphatic heterocycles. The number of hydrogen-bond acceptors (Lipinski definition) is 4. The molecule has 1 aromatic carbocycles. The van der Waals surface area contributed by atoms with Crippen molar-refractivity contribution in [2.75, 3.05) is 5.32 Å². The molecule has 0 fully saturated rings. The van der Waals surface area contributed by atoms with Gasteiger partial charge in [-0.3, -0.25) is 14.9 Å². The van der Waals surface area contributed by atoms with Crippen molar-refractivity contribution in [1.82, 2.24) is 0 Å². The van der Waals surface area contributed by atoms with Crippen molar-refractivity contribution in [1.29, 1.82) is 0 Å². The average Bonchev–Trinajstić information content (AvgIpc) is 2.89. The number of aryl methyl sites for hydroxylation is 1. The number of benzene rings is 1. The Balaban J connectivity index is 2.03. The summed E-state index contributed by atoms with van der Waals surface area (Å²) in [6.45, 7) is 1.90. The first-order valence-electron chi connectivity index (χ1n) is 5.95. The molecule has 0 saturated heterocycles. The second-order valence-corrected chi connectivity index (χ2v) is 6.22. The van der Waals surface area contributed by atoms with Gasteiger partial charge in [-0.2, -0.15) is 0 Å². The van der Waals surface area contributed by atoms with Crippen LogP contribution in [0.25, 0.3) is 6.08 Å². The number of carbonyl (C=O) groups is 1. The Morgan fingerprint density at radius 1 is 1.38 bits per heavy atom. The van der Waals surface area contributed by atoms with E-state index in [1.165, 1.54) is 12.1 Å². The Labute approximate surface area is 133 Å². The van der Waals surface area contributed by atoms with Gasteiger partial charge in [0.1, 0.15) is 0 Å². The predicted octanol–water partition coefficient (Wildman–Crippen LogP) is 4.38. The number of amides is 1. The molecule has 1 aromatic heterocycles. The highest BCUT2D eigenvalue weighted by molar-refractivity contribution is 9.10. The Hall–Kier alpha value is -1.99. The van der Waals surface area contributed by atoms with E-state index in [1.54, 1.807) is 18.2 Å². The van der Waals surface area contributed by atoms with E-state index in [9.17, 15) is 14.9 Å². The fourth-order valence-corrected chi connectivity index (χ4v) is 2.83. The molecule has 1 N–H and O–H groups in total. The molecule has 0 saturated carbocycles. The van der Waals surface area contributed by atoms with Gasteiger partial charge in [0.2, 0.25) is 5.91 Å². The van der Waals surface area contributed by atoms with Crippen LogP contribution in [-0.2, 0) is 4.79 Å². The second kappa shape index (κ2) is 6.64. The smallest absolute Gasteiger partial charge is 0.322 e. The Kier molecular flexibility index (Phi) is 4.87. The second-order valence-electron chi connectivity index (χ2n) is 4.21. The standard InChI is InChI=1S/C14H11BrN2O3S/c1-9-8-10(15)2-5-12(9)16-13(18)6-3-11-4-7-14(21-11)17(19)20/h2-8H,1H3,(H,16,18)/b6-3+. The summed E-state index contributed by atoms with van der Waals surface area (Å²) < 4.78 is 0.944. The van der Waals surface area contributed by atoms with Gasteiger partial charge in [-0.1, -0.05) is 27.3 Å². The molecule has 0 atom stereocenters. The van der Waals surface area contributed by atoms with E-state index >= 15 is 0 Å². The minimum absolute atomic E-state index is 0.0545. The highest BCUT2D eigenvalue weighted by Crippen LogP contribution is 2.25. The third kappa shape index (κ3) is 4.24. The molecule has 1 heterocycles. The molecule has 0 aliphatic carbocycles. The quantitative estimate of drug-likeness (QED) is 0.495. The van der Waals surface area contributed by atoms with Crippen LogP contribution in [-0.4, -0.2) is 10.8 Å². The van der Waals surface area contributed by atoms with Gasteiger partial charge in [0.05, 0.1) is 4.92 Å². The highest BCUT2D eigenvalue weighted by Gasteiger charge is 2.08. The first-order valence-corrected chi connectivity index (χ1v) is 7.56. The average molecular weight is 367 g/mol. The van der Waals surface area contributed by atoms with Crippen molar-refractivity contribution in [2.24, 2.45) is 0 Å². The lowest BCUT2D eigenvalue weighted by Crippen LogP contribution is -2.08. The van der Waals surface area contributed by atoms with Gasteiger partial charge in [-0.15, -0.1) is 0 Å². The number of hydrogen-bond donors (Lipinski definition) is 1. The third-order valence-electron chi connectivity index (χ3n) is 2.64. The zero-order valence-corrected chi connectivity index (χ0v) is 13.4. The number of halogens is 1. The summed E-state index contributed by atoms with van der Waals surface area (Å²) in [7, 11) is 0. The van der Waals surface area contributed by atoms with Crippen LogP contribution in [0.5, 0.6) is 0 Å². The molecule has 2 aromatic rings. The van der Waals surface area contributed by atoms with E-state index in [2.05, 4.69) is 21.2 Å². The van der Waals surface area contributed by atoms with Crippen molar-refractivity contribution in [2.45, 2.75) is 6.92 Å². The zero-order chi connectivity index (χ0) is 15.4. The predicted molar refractivity (Wildman–Crippen MR) is 87.5 cm³/mol. The third-order valence-corrected chi connectivity index (χ3v) is 4.13. The molecule has 0 aliphatic rings. The Morgan fingerprint density at radius 3 is 2.76 bits per heavy atom. The van der Waals surface area contributed by atoms with Crippen LogP contribution in [0.4, 0.5) is 10.7 Å². The van der Waals surface area contributed by atoms with Crippen LogP contribution in [0.3, 0.4) is 0 Å². The number of anilines is 1. The summed E-state index contributed by atoms with van der Waals surface area (Å²) in [5.74, 6) is -0.281. The molecule has 7 heteroatoms. The minimum atomic E-state index is -0.451. The van der Waals surface area contributed by atoms with E-state index in [0.29, 0.717) is 4.88 Å². The first-order chi connectivity index (χ1) is 9.95. The summed E-state index contributed by atoms with van der Waals surface area (Å²) in [5, 5.41) is 13.4. The van der Waals surface area contributed by atoms with Gasteiger partial charge >= 0.3 is 5.00 Å². The summed E-state index contributed by atoms with van der Waals surface area (Å²) in [6, 6.07) is 8.58. The lowest BCUT2D eigenvalue weighted by atomic mass is 10.2. The van der Waals surface area contributed by atoms with Gasteiger partial charge < -0.3 is 5.32 Å². The highest BCUT2D eigenvalue weighted by atomic mass is 79.9. The SMILES string of the molecule is Cc1cc(Br)ccc1NC(=O)/C=C/c1ccc([N+](=O)[O-])s1. The van der Waals surface area contributed by atoms with Crippen LogP contribution < -0.4 is 5.32 Å².